The summed E-state index contributed by atoms with van der Waals surface area (Å²) < 4.78 is 30.4. The minimum Gasteiger partial charge on any atom is -0.507 e. The third kappa shape index (κ3) is 3.30. The molecular weight excluding hydrogens is 438 g/mol. The normalized spacial score (nSPS) is 14.2. The number of carbonyl (C=O) groups is 1. The molecule has 0 radical (unpaired) electrons. The van der Waals surface area contributed by atoms with Gasteiger partial charge in [-0.2, -0.15) is 5.26 Å². The SMILES string of the molecule is Cc1cc(-n2c(C3(CC#N)CC3)c(-c3ccc(C(=O)O)cc3)c3c(O)cc(F)cc32)ccc1F. The Morgan fingerprint density at radius 3 is 2.41 bits per heavy atom. The Bertz CT molecular complexity index is 1510. The van der Waals surface area contributed by atoms with Crippen LogP contribution in [0, 0.1) is 29.9 Å². The summed E-state index contributed by atoms with van der Waals surface area (Å²) in [5, 5.41) is 30.2. The van der Waals surface area contributed by atoms with Crippen molar-refractivity contribution in [3.63, 3.8) is 0 Å². The van der Waals surface area contributed by atoms with Crippen LogP contribution >= 0.6 is 0 Å². The van der Waals surface area contributed by atoms with Gasteiger partial charge in [-0.15, -0.1) is 0 Å². The van der Waals surface area contributed by atoms with Gasteiger partial charge in [0.25, 0.3) is 0 Å². The summed E-state index contributed by atoms with van der Waals surface area (Å²) in [7, 11) is 0. The lowest BCUT2D eigenvalue weighted by molar-refractivity contribution is 0.0697. The molecule has 0 bridgehead atoms. The summed E-state index contributed by atoms with van der Waals surface area (Å²) >= 11 is 0. The molecule has 4 aromatic rings. The molecule has 5 rings (SSSR count). The van der Waals surface area contributed by atoms with Crippen molar-refractivity contribution in [1.29, 1.82) is 5.26 Å². The Kier molecular flexibility index (Phi) is 4.90. The van der Waals surface area contributed by atoms with E-state index in [2.05, 4.69) is 6.07 Å². The number of nitriles is 1. The third-order valence-electron chi connectivity index (χ3n) is 6.61. The van der Waals surface area contributed by atoms with Crippen LogP contribution in [-0.4, -0.2) is 20.7 Å². The van der Waals surface area contributed by atoms with E-state index in [1.54, 1.807) is 35.8 Å². The quantitative estimate of drug-likeness (QED) is 0.371. The van der Waals surface area contributed by atoms with E-state index in [0.717, 1.165) is 24.6 Å². The predicted molar refractivity (Wildman–Crippen MR) is 123 cm³/mol. The minimum absolute atomic E-state index is 0.108. The number of aryl methyl sites for hydroxylation is 1. The van der Waals surface area contributed by atoms with Crippen LogP contribution in [0.1, 0.15) is 40.9 Å². The molecule has 1 heterocycles. The van der Waals surface area contributed by atoms with Crippen molar-refractivity contribution in [2.24, 2.45) is 0 Å². The second kappa shape index (κ2) is 7.70. The molecule has 1 saturated carbocycles. The van der Waals surface area contributed by atoms with Gasteiger partial charge < -0.3 is 14.8 Å². The zero-order valence-electron chi connectivity index (χ0n) is 18.3. The number of hydrogen-bond donors (Lipinski definition) is 2. The number of carboxylic acid groups (broad SMARTS) is 1. The molecule has 5 nitrogen and oxygen atoms in total. The molecule has 0 amide bonds. The summed E-state index contributed by atoms with van der Waals surface area (Å²) in [4.78, 5) is 11.4. The molecule has 34 heavy (non-hydrogen) atoms. The van der Waals surface area contributed by atoms with Crippen molar-refractivity contribution >= 4 is 16.9 Å². The Balaban J connectivity index is 1.93. The molecule has 0 saturated heterocycles. The fourth-order valence-electron chi connectivity index (χ4n) is 4.76. The van der Waals surface area contributed by atoms with Crippen LogP contribution < -0.4 is 0 Å². The maximum absolute atomic E-state index is 14.5. The second-order valence-corrected chi connectivity index (χ2v) is 8.81. The monoisotopic (exact) mass is 458 g/mol. The van der Waals surface area contributed by atoms with Gasteiger partial charge in [0.1, 0.15) is 17.4 Å². The average molecular weight is 458 g/mol. The van der Waals surface area contributed by atoms with Crippen LogP contribution in [0.4, 0.5) is 8.78 Å². The topological polar surface area (TPSA) is 86.2 Å². The first kappa shape index (κ1) is 21.7. The molecule has 2 N–H and O–H groups in total. The van der Waals surface area contributed by atoms with E-state index in [9.17, 15) is 29.1 Å². The summed E-state index contributed by atoms with van der Waals surface area (Å²) in [6, 6.07) is 15.4. The molecule has 1 aromatic heterocycles. The summed E-state index contributed by atoms with van der Waals surface area (Å²) in [5.41, 5.74) is 2.92. The number of aromatic carboxylic acids is 1. The number of nitrogens with zero attached hydrogens (tertiary/aromatic N) is 2. The molecule has 0 aliphatic heterocycles. The van der Waals surface area contributed by atoms with Crippen molar-refractivity contribution in [2.45, 2.75) is 31.6 Å². The zero-order chi connectivity index (χ0) is 24.2. The first-order chi connectivity index (χ1) is 16.3. The Hall–Kier alpha value is -4.18. The molecule has 1 fully saturated rings. The highest BCUT2D eigenvalue weighted by atomic mass is 19.1. The zero-order valence-corrected chi connectivity index (χ0v) is 18.3. The van der Waals surface area contributed by atoms with E-state index in [1.165, 1.54) is 24.3 Å². The van der Waals surface area contributed by atoms with Crippen molar-refractivity contribution in [3.8, 4) is 28.6 Å². The lowest BCUT2D eigenvalue weighted by atomic mass is 9.90. The largest absolute Gasteiger partial charge is 0.507 e. The minimum atomic E-state index is -1.07. The summed E-state index contributed by atoms with van der Waals surface area (Å²) in [5.74, 6) is -2.34. The maximum atomic E-state index is 14.5. The summed E-state index contributed by atoms with van der Waals surface area (Å²) in [6.45, 7) is 1.63. The standard InChI is InChI=1S/C27H20F2N2O3/c1-15-12-19(6-7-20(15)29)31-21-13-18(28)14-22(32)24(21)23(25(31)27(8-9-27)10-11-30)16-2-4-17(5-3-16)26(33)34/h2-7,12-14,32H,8-10H2,1H3,(H,33,34). The highest BCUT2D eigenvalue weighted by molar-refractivity contribution is 6.04. The average Bonchev–Trinajstić information content (AvgIpc) is 3.49. The Morgan fingerprint density at radius 2 is 1.82 bits per heavy atom. The lowest BCUT2D eigenvalue weighted by Gasteiger charge is -2.20. The van der Waals surface area contributed by atoms with Gasteiger partial charge in [0.15, 0.2) is 0 Å². The van der Waals surface area contributed by atoms with E-state index in [-0.39, 0.29) is 23.6 Å². The first-order valence-corrected chi connectivity index (χ1v) is 10.8. The number of halogens is 2. The number of aromatic nitrogens is 1. The van der Waals surface area contributed by atoms with Crippen LogP contribution in [0.3, 0.4) is 0 Å². The molecule has 1 aliphatic rings. The van der Waals surface area contributed by atoms with Gasteiger partial charge in [0, 0.05) is 34.8 Å². The molecule has 170 valence electrons. The highest BCUT2D eigenvalue weighted by Crippen LogP contribution is 2.57. The van der Waals surface area contributed by atoms with Gasteiger partial charge in [-0.1, -0.05) is 12.1 Å². The molecule has 1 aliphatic carbocycles. The van der Waals surface area contributed by atoms with Gasteiger partial charge in [-0.25, -0.2) is 13.6 Å². The fourth-order valence-corrected chi connectivity index (χ4v) is 4.76. The second-order valence-electron chi connectivity index (χ2n) is 8.81. The van der Waals surface area contributed by atoms with Crippen molar-refractivity contribution in [3.05, 3.63) is 83.1 Å². The van der Waals surface area contributed by atoms with E-state index in [1.807, 2.05) is 0 Å². The first-order valence-electron chi connectivity index (χ1n) is 10.8. The van der Waals surface area contributed by atoms with Crippen LogP contribution in [0.2, 0.25) is 0 Å². The molecule has 0 unspecified atom stereocenters. The Morgan fingerprint density at radius 1 is 1.12 bits per heavy atom. The number of phenolic OH excluding ortho intramolecular Hbond substituents is 1. The van der Waals surface area contributed by atoms with E-state index < -0.39 is 17.2 Å². The number of aromatic hydroxyl groups is 1. The number of fused-ring (bicyclic) bond motifs is 1. The third-order valence-corrected chi connectivity index (χ3v) is 6.61. The smallest absolute Gasteiger partial charge is 0.335 e. The van der Waals surface area contributed by atoms with Crippen molar-refractivity contribution < 1.29 is 23.8 Å². The number of hydrogen-bond acceptors (Lipinski definition) is 3. The van der Waals surface area contributed by atoms with Gasteiger partial charge >= 0.3 is 5.97 Å². The Labute approximate surface area is 194 Å². The molecular formula is C27H20F2N2O3. The number of phenols is 1. The molecule has 7 heteroatoms. The molecule has 0 spiro atoms. The van der Waals surface area contributed by atoms with Crippen molar-refractivity contribution in [1.82, 2.24) is 4.57 Å². The number of rotatable bonds is 5. The van der Waals surface area contributed by atoms with Gasteiger partial charge in [0.2, 0.25) is 0 Å². The molecule has 3 aromatic carbocycles. The molecule has 0 atom stereocenters. The van der Waals surface area contributed by atoms with Gasteiger partial charge in [-0.05, 0) is 67.3 Å². The highest BCUT2D eigenvalue weighted by Gasteiger charge is 2.49. The summed E-state index contributed by atoms with van der Waals surface area (Å²) in [6.07, 6.45) is 1.66. The fraction of sp³-hybridized carbons (Fsp3) is 0.185. The lowest BCUT2D eigenvalue weighted by Crippen LogP contribution is -2.14. The van der Waals surface area contributed by atoms with Crippen LogP contribution in [-0.2, 0) is 5.41 Å². The van der Waals surface area contributed by atoms with Gasteiger partial charge in [-0.3, -0.25) is 0 Å². The van der Waals surface area contributed by atoms with E-state index >= 15 is 0 Å². The van der Waals surface area contributed by atoms with Gasteiger partial charge in [0.05, 0.1) is 22.5 Å². The maximum Gasteiger partial charge on any atom is 0.335 e. The number of carboxylic acids is 1. The van der Waals surface area contributed by atoms with E-state index in [4.69, 9.17) is 0 Å². The van der Waals surface area contributed by atoms with Crippen molar-refractivity contribution in [2.75, 3.05) is 0 Å². The van der Waals surface area contributed by atoms with Crippen LogP contribution in [0.25, 0.3) is 27.7 Å². The van der Waals surface area contributed by atoms with Crippen LogP contribution in [0.15, 0.2) is 54.6 Å². The van der Waals surface area contributed by atoms with E-state index in [0.29, 0.717) is 33.3 Å². The predicted octanol–water partition coefficient (Wildman–Crippen LogP) is 6.23. The van der Waals surface area contributed by atoms with Crippen LogP contribution in [0.5, 0.6) is 5.75 Å². The number of benzene rings is 3.